The van der Waals surface area contributed by atoms with E-state index in [1.54, 1.807) is 24.2 Å². The van der Waals surface area contributed by atoms with E-state index >= 15 is 0 Å². The van der Waals surface area contributed by atoms with Gasteiger partial charge in [-0.3, -0.25) is 4.68 Å². The molecule has 0 aliphatic heterocycles. The van der Waals surface area contributed by atoms with Gasteiger partial charge in [0.15, 0.2) is 0 Å². The second kappa shape index (κ2) is 5.32. The zero-order chi connectivity index (χ0) is 14.8. The number of nitrogens with zero attached hydrogens (tertiary/aromatic N) is 3. The van der Waals surface area contributed by atoms with E-state index in [-0.39, 0.29) is 0 Å². The van der Waals surface area contributed by atoms with Crippen molar-refractivity contribution < 1.29 is 4.74 Å². The van der Waals surface area contributed by atoms with E-state index in [4.69, 9.17) is 10.5 Å². The number of fused-ring (bicyclic) bond motifs is 1. The molecule has 0 spiro atoms. The van der Waals surface area contributed by atoms with Crippen LogP contribution in [0.3, 0.4) is 0 Å². The minimum Gasteiger partial charge on any atom is -0.497 e. The average Bonchev–Trinajstić information content (AvgIpc) is 2.84. The molecule has 0 amide bonds. The molecule has 6 heteroatoms. The number of hydrogen-bond acceptors (Lipinski definition) is 5. The second-order valence-corrected chi connectivity index (χ2v) is 4.78. The van der Waals surface area contributed by atoms with Crippen molar-refractivity contribution in [3.63, 3.8) is 0 Å². The van der Waals surface area contributed by atoms with Crippen molar-refractivity contribution in [2.75, 3.05) is 18.2 Å². The minimum absolute atomic E-state index is 0.581. The standard InChI is InChI=1S/C15H17N5O/c1-20-14(16)11(9-19-20)8-18-15-13-4-3-12(21-2)7-10(13)5-6-17-15/h3-7,9H,8,16H2,1-2H3,(H,17,18). The number of methoxy groups -OCH3 is 1. The fraction of sp³-hybridized carbons (Fsp3) is 0.200. The number of nitrogens with one attached hydrogen (secondary N) is 1. The number of benzene rings is 1. The Hall–Kier alpha value is -2.76. The number of ether oxygens (including phenoxy) is 1. The van der Waals surface area contributed by atoms with Gasteiger partial charge in [-0.1, -0.05) is 0 Å². The van der Waals surface area contributed by atoms with Gasteiger partial charge in [0.2, 0.25) is 0 Å². The van der Waals surface area contributed by atoms with Gasteiger partial charge in [-0.15, -0.1) is 0 Å². The molecule has 0 saturated carbocycles. The lowest BCUT2D eigenvalue weighted by Crippen LogP contribution is -2.05. The summed E-state index contributed by atoms with van der Waals surface area (Å²) in [6.45, 7) is 0.581. The molecule has 6 nitrogen and oxygen atoms in total. The van der Waals surface area contributed by atoms with Crippen LogP contribution < -0.4 is 15.8 Å². The van der Waals surface area contributed by atoms with Crippen molar-refractivity contribution >= 4 is 22.4 Å². The van der Waals surface area contributed by atoms with Gasteiger partial charge < -0.3 is 15.8 Å². The van der Waals surface area contributed by atoms with E-state index in [0.29, 0.717) is 12.4 Å². The van der Waals surface area contributed by atoms with Gasteiger partial charge in [0.25, 0.3) is 0 Å². The van der Waals surface area contributed by atoms with Crippen LogP contribution >= 0.6 is 0 Å². The van der Waals surface area contributed by atoms with Gasteiger partial charge in [0.05, 0.1) is 13.3 Å². The summed E-state index contributed by atoms with van der Waals surface area (Å²) >= 11 is 0. The molecule has 2 aromatic heterocycles. The lowest BCUT2D eigenvalue weighted by atomic mass is 10.1. The predicted molar refractivity (Wildman–Crippen MR) is 83.2 cm³/mol. The van der Waals surface area contributed by atoms with Crippen LogP contribution in [0.5, 0.6) is 5.75 Å². The van der Waals surface area contributed by atoms with Crippen LogP contribution in [0.2, 0.25) is 0 Å². The minimum atomic E-state index is 0.581. The van der Waals surface area contributed by atoms with Crippen LogP contribution in [0.1, 0.15) is 5.56 Å². The maximum Gasteiger partial charge on any atom is 0.134 e. The van der Waals surface area contributed by atoms with Crippen LogP contribution in [0, 0.1) is 0 Å². The summed E-state index contributed by atoms with van der Waals surface area (Å²) in [6, 6.07) is 7.87. The predicted octanol–water partition coefficient (Wildman–Crippen LogP) is 2.17. The fourth-order valence-corrected chi connectivity index (χ4v) is 2.23. The first-order valence-corrected chi connectivity index (χ1v) is 6.62. The first-order valence-electron chi connectivity index (χ1n) is 6.62. The number of anilines is 2. The zero-order valence-corrected chi connectivity index (χ0v) is 12.0. The molecule has 1 aromatic carbocycles. The first kappa shape index (κ1) is 13.2. The molecule has 0 saturated heterocycles. The monoisotopic (exact) mass is 283 g/mol. The van der Waals surface area contributed by atoms with Gasteiger partial charge in [0, 0.05) is 30.7 Å². The summed E-state index contributed by atoms with van der Waals surface area (Å²) in [6.07, 6.45) is 3.53. The Morgan fingerprint density at radius 3 is 2.90 bits per heavy atom. The third kappa shape index (κ3) is 2.47. The van der Waals surface area contributed by atoms with Crippen LogP contribution in [-0.4, -0.2) is 21.9 Å². The van der Waals surface area contributed by atoms with Crippen LogP contribution in [-0.2, 0) is 13.6 Å². The van der Waals surface area contributed by atoms with Crippen molar-refractivity contribution in [3.05, 3.63) is 42.2 Å². The molecule has 3 rings (SSSR count). The maximum atomic E-state index is 5.94. The Bertz CT molecular complexity index is 781. The number of hydrogen-bond donors (Lipinski definition) is 2. The van der Waals surface area contributed by atoms with Gasteiger partial charge in [-0.05, 0) is 29.7 Å². The third-order valence-corrected chi connectivity index (χ3v) is 3.48. The topological polar surface area (TPSA) is 78.0 Å². The van der Waals surface area contributed by atoms with Crippen molar-refractivity contribution in [3.8, 4) is 5.75 Å². The van der Waals surface area contributed by atoms with E-state index < -0.39 is 0 Å². The summed E-state index contributed by atoms with van der Waals surface area (Å²) < 4.78 is 6.89. The Kier molecular flexibility index (Phi) is 3.35. The Balaban J connectivity index is 1.88. The molecule has 3 aromatic rings. The normalized spacial score (nSPS) is 10.8. The Morgan fingerprint density at radius 2 is 2.19 bits per heavy atom. The molecular weight excluding hydrogens is 266 g/mol. The van der Waals surface area contributed by atoms with E-state index in [0.717, 1.165) is 27.9 Å². The highest BCUT2D eigenvalue weighted by atomic mass is 16.5. The van der Waals surface area contributed by atoms with Gasteiger partial charge >= 0.3 is 0 Å². The van der Waals surface area contributed by atoms with Gasteiger partial charge in [-0.2, -0.15) is 5.10 Å². The molecule has 0 radical (unpaired) electrons. The average molecular weight is 283 g/mol. The summed E-state index contributed by atoms with van der Waals surface area (Å²) in [7, 11) is 3.48. The van der Waals surface area contributed by atoms with Crippen molar-refractivity contribution in [2.45, 2.75) is 6.54 Å². The largest absolute Gasteiger partial charge is 0.497 e. The molecule has 0 aliphatic rings. The van der Waals surface area contributed by atoms with Crippen LogP contribution in [0.15, 0.2) is 36.7 Å². The molecule has 0 bridgehead atoms. The van der Waals surface area contributed by atoms with E-state index in [9.17, 15) is 0 Å². The van der Waals surface area contributed by atoms with Crippen molar-refractivity contribution in [1.82, 2.24) is 14.8 Å². The Labute approximate surface area is 122 Å². The summed E-state index contributed by atoms with van der Waals surface area (Å²) in [4.78, 5) is 4.39. The summed E-state index contributed by atoms with van der Waals surface area (Å²) in [5, 5.41) is 9.56. The smallest absolute Gasteiger partial charge is 0.134 e. The van der Waals surface area contributed by atoms with Gasteiger partial charge in [-0.25, -0.2) is 4.98 Å². The fourth-order valence-electron chi connectivity index (χ4n) is 2.23. The number of nitrogen functional groups attached to an aromatic ring is 1. The highest BCUT2D eigenvalue weighted by Gasteiger charge is 2.07. The molecule has 2 heterocycles. The molecule has 3 N–H and O–H groups in total. The number of pyridine rings is 1. The number of aromatic nitrogens is 3. The van der Waals surface area contributed by atoms with E-state index in [2.05, 4.69) is 15.4 Å². The lowest BCUT2D eigenvalue weighted by molar-refractivity contribution is 0.415. The van der Waals surface area contributed by atoms with E-state index in [1.165, 1.54) is 0 Å². The van der Waals surface area contributed by atoms with Crippen molar-refractivity contribution in [1.29, 1.82) is 0 Å². The quantitative estimate of drug-likeness (QED) is 0.767. The molecule has 0 aliphatic carbocycles. The highest BCUT2D eigenvalue weighted by Crippen LogP contribution is 2.25. The number of rotatable bonds is 4. The molecule has 0 unspecified atom stereocenters. The van der Waals surface area contributed by atoms with Crippen LogP contribution in [0.4, 0.5) is 11.6 Å². The molecular formula is C15H17N5O. The summed E-state index contributed by atoms with van der Waals surface area (Å²) in [5.41, 5.74) is 6.89. The SMILES string of the molecule is COc1ccc2c(NCc3cnn(C)c3N)nccc2c1. The maximum absolute atomic E-state index is 5.94. The molecule has 0 fully saturated rings. The third-order valence-electron chi connectivity index (χ3n) is 3.48. The van der Waals surface area contributed by atoms with Crippen molar-refractivity contribution in [2.24, 2.45) is 7.05 Å². The molecule has 108 valence electrons. The number of aryl methyl sites for hydroxylation is 1. The molecule has 0 atom stereocenters. The summed E-state index contributed by atoms with van der Waals surface area (Å²) in [5.74, 6) is 2.30. The van der Waals surface area contributed by atoms with Gasteiger partial charge in [0.1, 0.15) is 17.4 Å². The highest BCUT2D eigenvalue weighted by molar-refractivity contribution is 5.92. The second-order valence-electron chi connectivity index (χ2n) is 4.78. The zero-order valence-electron chi connectivity index (χ0n) is 12.0. The van der Waals surface area contributed by atoms with E-state index in [1.807, 2.05) is 31.3 Å². The van der Waals surface area contributed by atoms with Crippen LogP contribution in [0.25, 0.3) is 10.8 Å². The lowest BCUT2D eigenvalue weighted by Gasteiger charge is -2.09. The number of nitrogens with two attached hydrogens (primary N) is 1. The molecule has 21 heavy (non-hydrogen) atoms. The Morgan fingerprint density at radius 1 is 1.33 bits per heavy atom. The first-order chi connectivity index (χ1) is 10.2.